The molecule has 3 nitrogen and oxygen atoms in total. The zero-order valence-corrected chi connectivity index (χ0v) is 9.53. The lowest BCUT2D eigenvalue weighted by atomic mass is 10.1. The Hall–Kier alpha value is -0.830. The monoisotopic (exact) mass is 225 g/mol. The first-order chi connectivity index (χ1) is 7.42. The maximum absolute atomic E-state index is 6.00. The molecule has 0 radical (unpaired) electrons. The Labute approximate surface area is 95.5 Å². The molecule has 0 saturated carbocycles. The fourth-order valence-corrected chi connectivity index (χ4v) is 2.36. The Balaban J connectivity index is 2.16. The van der Waals surface area contributed by atoms with Gasteiger partial charge < -0.3 is 4.90 Å². The molecule has 1 aromatic rings. The summed E-state index contributed by atoms with van der Waals surface area (Å²) in [6.45, 7) is 1.03. The van der Waals surface area contributed by atoms with Crippen LogP contribution in [-0.2, 0) is 0 Å². The van der Waals surface area contributed by atoms with Gasteiger partial charge in [0, 0.05) is 30.9 Å². The van der Waals surface area contributed by atoms with Crippen molar-refractivity contribution in [1.82, 2.24) is 9.97 Å². The summed E-state index contributed by atoms with van der Waals surface area (Å²) >= 11 is 6.00. The van der Waals surface area contributed by atoms with Gasteiger partial charge >= 0.3 is 0 Å². The van der Waals surface area contributed by atoms with E-state index in [1.807, 2.05) is 6.07 Å². The van der Waals surface area contributed by atoms with Crippen molar-refractivity contribution < 1.29 is 0 Å². The molecule has 1 aromatic heterocycles. The summed E-state index contributed by atoms with van der Waals surface area (Å²) in [5.41, 5.74) is 0. The minimum Gasteiger partial charge on any atom is -0.337 e. The molecule has 0 N–H and O–H groups in total. The molecule has 4 heteroatoms. The van der Waals surface area contributed by atoms with E-state index in [2.05, 4.69) is 14.9 Å². The molecule has 1 saturated heterocycles. The Morgan fingerprint density at radius 2 is 2.07 bits per heavy atom. The van der Waals surface area contributed by atoms with Crippen molar-refractivity contribution in [2.75, 3.05) is 17.3 Å². The summed E-state index contributed by atoms with van der Waals surface area (Å²) in [5.74, 6) is 1.49. The van der Waals surface area contributed by atoms with Crippen LogP contribution in [0.1, 0.15) is 25.7 Å². The molecular weight excluding hydrogens is 210 g/mol. The van der Waals surface area contributed by atoms with Crippen LogP contribution in [-0.4, -0.2) is 28.4 Å². The molecule has 1 aliphatic rings. The van der Waals surface area contributed by atoms with Crippen LogP contribution in [0.5, 0.6) is 0 Å². The summed E-state index contributed by atoms with van der Waals surface area (Å²) in [5, 5.41) is 0. The standard InChI is InChI=1S/C11H16ClN3/c12-9-10-5-2-1-3-8-15(10)11-13-6-4-7-14-11/h4,6-7,10H,1-3,5,8-9H2. The van der Waals surface area contributed by atoms with Crippen molar-refractivity contribution in [3.63, 3.8) is 0 Å². The molecule has 2 rings (SSSR count). The SMILES string of the molecule is ClCC1CCCCCN1c1ncccn1. The lowest BCUT2D eigenvalue weighted by molar-refractivity contribution is 0.610. The number of hydrogen-bond donors (Lipinski definition) is 0. The van der Waals surface area contributed by atoms with E-state index in [0.29, 0.717) is 11.9 Å². The van der Waals surface area contributed by atoms with Gasteiger partial charge in [-0.15, -0.1) is 11.6 Å². The Morgan fingerprint density at radius 1 is 1.27 bits per heavy atom. The summed E-state index contributed by atoms with van der Waals surface area (Å²) in [6.07, 6.45) is 8.50. The van der Waals surface area contributed by atoms with Crippen molar-refractivity contribution in [2.45, 2.75) is 31.7 Å². The molecule has 0 spiro atoms. The average Bonchev–Trinajstić information content (AvgIpc) is 2.55. The predicted molar refractivity (Wildman–Crippen MR) is 62.4 cm³/mol. The van der Waals surface area contributed by atoms with Gasteiger partial charge in [0.2, 0.25) is 5.95 Å². The normalized spacial score (nSPS) is 22.5. The Kier molecular flexibility index (Phi) is 3.78. The molecule has 0 aromatic carbocycles. The summed E-state index contributed by atoms with van der Waals surface area (Å²) in [4.78, 5) is 10.8. The maximum atomic E-state index is 6.00. The molecular formula is C11H16ClN3. The number of hydrogen-bond acceptors (Lipinski definition) is 3. The van der Waals surface area contributed by atoms with Crippen molar-refractivity contribution in [2.24, 2.45) is 0 Å². The van der Waals surface area contributed by atoms with E-state index in [9.17, 15) is 0 Å². The molecule has 1 unspecified atom stereocenters. The maximum Gasteiger partial charge on any atom is 0.225 e. The third kappa shape index (κ3) is 2.59. The number of anilines is 1. The Morgan fingerprint density at radius 3 is 2.80 bits per heavy atom. The van der Waals surface area contributed by atoms with E-state index >= 15 is 0 Å². The van der Waals surface area contributed by atoms with Crippen LogP contribution in [0.4, 0.5) is 5.95 Å². The van der Waals surface area contributed by atoms with Gasteiger partial charge in [0.15, 0.2) is 0 Å². The molecule has 1 atom stereocenters. The first-order valence-electron chi connectivity index (χ1n) is 5.51. The van der Waals surface area contributed by atoms with E-state index in [4.69, 9.17) is 11.6 Å². The van der Waals surface area contributed by atoms with Crippen LogP contribution in [0.3, 0.4) is 0 Å². The third-order valence-electron chi connectivity index (χ3n) is 2.86. The van der Waals surface area contributed by atoms with Gasteiger partial charge in [-0.3, -0.25) is 0 Å². The van der Waals surface area contributed by atoms with Crippen molar-refractivity contribution in [3.05, 3.63) is 18.5 Å². The minimum atomic E-state index is 0.400. The van der Waals surface area contributed by atoms with Crippen molar-refractivity contribution in [3.8, 4) is 0 Å². The molecule has 1 aliphatic heterocycles. The molecule has 2 heterocycles. The van der Waals surface area contributed by atoms with Crippen LogP contribution in [0.25, 0.3) is 0 Å². The lowest BCUT2D eigenvalue weighted by Gasteiger charge is -2.28. The van der Waals surface area contributed by atoms with Gasteiger partial charge in [0.1, 0.15) is 0 Å². The van der Waals surface area contributed by atoms with E-state index in [0.717, 1.165) is 18.9 Å². The van der Waals surface area contributed by atoms with Gasteiger partial charge in [-0.1, -0.05) is 12.8 Å². The van der Waals surface area contributed by atoms with Gasteiger partial charge in [0.05, 0.1) is 0 Å². The predicted octanol–water partition coefficient (Wildman–Crippen LogP) is 2.46. The highest BCUT2D eigenvalue weighted by Crippen LogP contribution is 2.21. The van der Waals surface area contributed by atoms with Gasteiger partial charge in [0.25, 0.3) is 0 Å². The second kappa shape index (κ2) is 5.31. The third-order valence-corrected chi connectivity index (χ3v) is 3.22. The molecule has 15 heavy (non-hydrogen) atoms. The van der Waals surface area contributed by atoms with E-state index in [1.54, 1.807) is 12.4 Å². The van der Waals surface area contributed by atoms with E-state index in [1.165, 1.54) is 19.3 Å². The zero-order valence-electron chi connectivity index (χ0n) is 8.77. The van der Waals surface area contributed by atoms with Crippen LogP contribution >= 0.6 is 11.6 Å². The topological polar surface area (TPSA) is 29.0 Å². The van der Waals surface area contributed by atoms with Crippen LogP contribution in [0, 0.1) is 0 Å². The van der Waals surface area contributed by atoms with Crippen LogP contribution < -0.4 is 4.90 Å². The summed E-state index contributed by atoms with van der Waals surface area (Å²) in [6, 6.07) is 2.24. The smallest absolute Gasteiger partial charge is 0.225 e. The second-order valence-electron chi connectivity index (χ2n) is 3.90. The van der Waals surface area contributed by atoms with Crippen LogP contribution in [0.15, 0.2) is 18.5 Å². The average molecular weight is 226 g/mol. The van der Waals surface area contributed by atoms with Crippen LogP contribution in [0.2, 0.25) is 0 Å². The molecule has 0 bridgehead atoms. The summed E-state index contributed by atoms with van der Waals surface area (Å²) < 4.78 is 0. The number of alkyl halides is 1. The van der Waals surface area contributed by atoms with E-state index < -0.39 is 0 Å². The number of nitrogens with zero attached hydrogens (tertiary/aromatic N) is 3. The fraction of sp³-hybridized carbons (Fsp3) is 0.636. The zero-order chi connectivity index (χ0) is 10.5. The summed E-state index contributed by atoms with van der Waals surface area (Å²) in [7, 11) is 0. The van der Waals surface area contributed by atoms with Gasteiger partial charge in [-0.05, 0) is 18.9 Å². The van der Waals surface area contributed by atoms with Gasteiger partial charge in [-0.25, -0.2) is 9.97 Å². The quantitative estimate of drug-likeness (QED) is 0.725. The van der Waals surface area contributed by atoms with E-state index in [-0.39, 0.29) is 0 Å². The van der Waals surface area contributed by atoms with Gasteiger partial charge in [-0.2, -0.15) is 0 Å². The number of rotatable bonds is 2. The highest BCUT2D eigenvalue weighted by atomic mass is 35.5. The molecule has 0 aliphatic carbocycles. The first-order valence-corrected chi connectivity index (χ1v) is 6.05. The number of halogens is 1. The fourth-order valence-electron chi connectivity index (χ4n) is 2.04. The van der Waals surface area contributed by atoms with Crippen molar-refractivity contribution >= 4 is 17.5 Å². The lowest BCUT2D eigenvalue weighted by Crippen LogP contribution is -2.37. The second-order valence-corrected chi connectivity index (χ2v) is 4.21. The highest BCUT2D eigenvalue weighted by Gasteiger charge is 2.21. The molecule has 0 amide bonds. The molecule has 1 fully saturated rings. The van der Waals surface area contributed by atoms with Crippen molar-refractivity contribution in [1.29, 1.82) is 0 Å². The Bertz CT molecular complexity index is 291. The molecule has 82 valence electrons. The largest absolute Gasteiger partial charge is 0.337 e. The first kappa shape index (κ1) is 10.7. The minimum absolute atomic E-state index is 0.400. The number of aromatic nitrogens is 2. The highest BCUT2D eigenvalue weighted by molar-refractivity contribution is 6.18.